The summed E-state index contributed by atoms with van der Waals surface area (Å²) in [6.07, 6.45) is -4.03. The molecular formula is C15H22ClF3N2O2. The van der Waals surface area contributed by atoms with Gasteiger partial charge in [-0.1, -0.05) is 0 Å². The average molecular weight is 355 g/mol. The van der Waals surface area contributed by atoms with Crippen LogP contribution in [0.25, 0.3) is 0 Å². The van der Waals surface area contributed by atoms with E-state index in [-0.39, 0.29) is 30.8 Å². The van der Waals surface area contributed by atoms with Gasteiger partial charge < -0.3 is 15.2 Å². The summed E-state index contributed by atoms with van der Waals surface area (Å²) in [5.74, 6) is 0.183. The van der Waals surface area contributed by atoms with E-state index in [1.807, 2.05) is 0 Å². The maximum atomic E-state index is 13.0. The molecule has 0 radical (unpaired) electrons. The van der Waals surface area contributed by atoms with Gasteiger partial charge in [-0.05, 0) is 30.2 Å². The number of rotatable bonds is 5. The Bertz CT molecular complexity index is 494. The van der Waals surface area contributed by atoms with Crippen molar-refractivity contribution in [1.82, 2.24) is 10.2 Å². The Hall–Kier alpha value is -1.02. The largest absolute Gasteiger partial charge is 0.497 e. The summed E-state index contributed by atoms with van der Waals surface area (Å²) in [5.41, 5.74) is -0.192. The smallest absolute Gasteiger partial charge is 0.416 e. The molecule has 1 aromatic rings. The Morgan fingerprint density at radius 1 is 1.26 bits per heavy atom. The van der Waals surface area contributed by atoms with E-state index in [9.17, 15) is 18.3 Å². The lowest BCUT2D eigenvalue weighted by atomic mass is 9.98. The molecule has 1 fully saturated rings. The second-order valence-electron chi connectivity index (χ2n) is 5.31. The number of aliphatic hydroxyl groups is 1. The lowest BCUT2D eigenvalue weighted by Gasteiger charge is -2.35. The predicted octanol–water partition coefficient (Wildman–Crippen LogP) is 2.46. The van der Waals surface area contributed by atoms with Gasteiger partial charge >= 0.3 is 6.18 Å². The minimum atomic E-state index is -4.42. The van der Waals surface area contributed by atoms with Gasteiger partial charge in [0.05, 0.1) is 12.7 Å². The number of piperazine rings is 1. The number of methoxy groups -OCH3 is 1. The third kappa shape index (κ3) is 5.24. The monoisotopic (exact) mass is 354 g/mol. The second-order valence-corrected chi connectivity index (χ2v) is 5.31. The van der Waals surface area contributed by atoms with E-state index in [4.69, 9.17) is 4.74 Å². The topological polar surface area (TPSA) is 44.7 Å². The van der Waals surface area contributed by atoms with Crippen LogP contribution >= 0.6 is 12.4 Å². The zero-order valence-corrected chi connectivity index (χ0v) is 13.7. The molecule has 0 amide bonds. The number of nitrogens with zero attached hydrogens (tertiary/aromatic N) is 1. The third-order valence-corrected chi connectivity index (χ3v) is 3.87. The van der Waals surface area contributed by atoms with Gasteiger partial charge in [0.2, 0.25) is 0 Å². The first kappa shape index (κ1) is 20.0. The van der Waals surface area contributed by atoms with E-state index in [0.717, 1.165) is 38.3 Å². The van der Waals surface area contributed by atoms with Gasteiger partial charge in [0.15, 0.2) is 0 Å². The summed E-state index contributed by atoms with van der Waals surface area (Å²) in [7, 11) is 1.35. The van der Waals surface area contributed by atoms with E-state index < -0.39 is 11.7 Å². The lowest BCUT2D eigenvalue weighted by molar-refractivity contribution is -0.137. The van der Waals surface area contributed by atoms with Crippen molar-refractivity contribution in [1.29, 1.82) is 0 Å². The molecule has 0 aliphatic carbocycles. The lowest BCUT2D eigenvalue weighted by Crippen LogP contribution is -2.45. The van der Waals surface area contributed by atoms with E-state index >= 15 is 0 Å². The normalized spacial score (nSPS) is 17.4. The number of hydrogen-bond donors (Lipinski definition) is 2. The van der Waals surface area contributed by atoms with E-state index in [0.29, 0.717) is 12.0 Å². The number of aliphatic hydroxyl groups excluding tert-OH is 1. The van der Waals surface area contributed by atoms with Crippen LogP contribution in [0.5, 0.6) is 5.75 Å². The van der Waals surface area contributed by atoms with Crippen LogP contribution < -0.4 is 10.1 Å². The minimum Gasteiger partial charge on any atom is -0.497 e. The molecular weight excluding hydrogens is 333 g/mol. The van der Waals surface area contributed by atoms with Crippen molar-refractivity contribution >= 4 is 12.4 Å². The zero-order valence-electron chi connectivity index (χ0n) is 12.9. The van der Waals surface area contributed by atoms with Crippen molar-refractivity contribution in [2.75, 3.05) is 39.9 Å². The van der Waals surface area contributed by atoms with Crippen LogP contribution in [0.3, 0.4) is 0 Å². The highest BCUT2D eigenvalue weighted by molar-refractivity contribution is 5.85. The van der Waals surface area contributed by atoms with Crippen LogP contribution in [-0.4, -0.2) is 49.9 Å². The van der Waals surface area contributed by atoms with Crippen molar-refractivity contribution in [3.8, 4) is 5.75 Å². The minimum absolute atomic E-state index is 0. The molecule has 0 spiro atoms. The Labute approximate surface area is 140 Å². The van der Waals surface area contributed by atoms with Crippen molar-refractivity contribution in [2.45, 2.75) is 18.6 Å². The van der Waals surface area contributed by atoms with Crippen LogP contribution in [0.1, 0.15) is 23.6 Å². The summed E-state index contributed by atoms with van der Waals surface area (Å²) in [6, 6.07) is 3.53. The standard InChI is InChI=1S/C15H21F3N2O2.ClH/c1-22-13-9-11(8-12(10-13)15(16,17)18)14(2-7-21)20-5-3-19-4-6-20;/h8-10,14,19,21H,2-7H2,1H3;1H/t14-;/m0./s1. The number of hydrogen-bond acceptors (Lipinski definition) is 4. The zero-order chi connectivity index (χ0) is 16.2. The molecule has 1 saturated heterocycles. The summed E-state index contributed by atoms with van der Waals surface area (Å²) in [5, 5.41) is 12.5. The highest BCUT2D eigenvalue weighted by Crippen LogP contribution is 2.36. The fraction of sp³-hybridized carbons (Fsp3) is 0.600. The van der Waals surface area contributed by atoms with Gasteiger partial charge in [0.25, 0.3) is 0 Å². The quantitative estimate of drug-likeness (QED) is 0.852. The highest BCUT2D eigenvalue weighted by atomic mass is 35.5. The number of alkyl halides is 3. The second kappa shape index (κ2) is 8.73. The van der Waals surface area contributed by atoms with E-state index in [2.05, 4.69) is 10.2 Å². The molecule has 1 atom stereocenters. The maximum Gasteiger partial charge on any atom is 0.416 e. The van der Waals surface area contributed by atoms with Crippen LogP contribution in [0.15, 0.2) is 18.2 Å². The molecule has 2 N–H and O–H groups in total. The Kier molecular flexibility index (Phi) is 7.60. The predicted molar refractivity (Wildman–Crippen MR) is 84.1 cm³/mol. The first-order valence-corrected chi connectivity index (χ1v) is 7.27. The van der Waals surface area contributed by atoms with Gasteiger partial charge in [-0.15, -0.1) is 12.4 Å². The van der Waals surface area contributed by atoms with Gasteiger partial charge in [0, 0.05) is 38.8 Å². The molecule has 1 aromatic carbocycles. The first-order chi connectivity index (χ1) is 10.5. The van der Waals surface area contributed by atoms with Crippen LogP contribution in [0.2, 0.25) is 0 Å². The molecule has 0 aromatic heterocycles. The molecule has 1 aliphatic rings. The number of ether oxygens (including phenoxy) is 1. The Morgan fingerprint density at radius 2 is 1.91 bits per heavy atom. The highest BCUT2D eigenvalue weighted by Gasteiger charge is 2.33. The van der Waals surface area contributed by atoms with Crippen LogP contribution in [-0.2, 0) is 6.18 Å². The molecule has 0 unspecified atom stereocenters. The fourth-order valence-electron chi connectivity index (χ4n) is 2.77. The molecule has 23 heavy (non-hydrogen) atoms. The maximum absolute atomic E-state index is 13.0. The van der Waals surface area contributed by atoms with Gasteiger partial charge in [-0.3, -0.25) is 4.90 Å². The van der Waals surface area contributed by atoms with E-state index in [1.54, 1.807) is 6.07 Å². The van der Waals surface area contributed by atoms with E-state index in [1.165, 1.54) is 7.11 Å². The Balaban J connectivity index is 0.00000264. The SMILES string of the molecule is COc1cc([C@H](CCO)N2CCNCC2)cc(C(F)(F)F)c1.Cl. The van der Waals surface area contributed by atoms with Crippen molar-refractivity contribution in [3.05, 3.63) is 29.3 Å². The molecule has 0 bridgehead atoms. The number of nitrogens with one attached hydrogen (secondary N) is 1. The van der Waals surface area contributed by atoms with Crippen molar-refractivity contribution < 1.29 is 23.0 Å². The van der Waals surface area contributed by atoms with Gasteiger partial charge in [-0.2, -0.15) is 13.2 Å². The van der Waals surface area contributed by atoms with Gasteiger partial charge in [0.1, 0.15) is 5.75 Å². The summed E-state index contributed by atoms with van der Waals surface area (Å²) in [4.78, 5) is 2.10. The Morgan fingerprint density at radius 3 is 2.43 bits per heavy atom. The number of benzene rings is 1. The molecule has 4 nitrogen and oxygen atoms in total. The number of halogens is 4. The molecule has 1 aliphatic heterocycles. The van der Waals surface area contributed by atoms with Crippen LogP contribution in [0, 0.1) is 0 Å². The molecule has 1 heterocycles. The third-order valence-electron chi connectivity index (χ3n) is 3.87. The summed E-state index contributed by atoms with van der Waals surface area (Å²) < 4.78 is 44.2. The van der Waals surface area contributed by atoms with Gasteiger partial charge in [-0.25, -0.2) is 0 Å². The first-order valence-electron chi connectivity index (χ1n) is 7.27. The molecule has 8 heteroatoms. The molecule has 0 saturated carbocycles. The molecule has 2 rings (SSSR count). The van der Waals surface area contributed by atoms with Crippen molar-refractivity contribution in [3.63, 3.8) is 0 Å². The fourth-order valence-corrected chi connectivity index (χ4v) is 2.77. The van der Waals surface area contributed by atoms with Crippen molar-refractivity contribution in [2.24, 2.45) is 0 Å². The summed E-state index contributed by atoms with van der Waals surface area (Å²) in [6.45, 7) is 2.98. The summed E-state index contributed by atoms with van der Waals surface area (Å²) >= 11 is 0. The van der Waals surface area contributed by atoms with Crippen LogP contribution in [0.4, 0.5) is 13.2 Å². The average Bonchev–Trinajstić information content (AvgIpc) is 2.52. The molecule has 132 valence electrons.